The number of halogens is 2. The monoisotopic (exact) mass is 301 g/mol. The third-order valence-electron chi connectivity index (χ3n) is 3.19. The fourth-order valence-corrected chi connectivity index (χ4v) is 3.04. The molecular formula is C13H17BrClN. The third-order valence-corrected chi connectivity index (χ3v) is 4.61. The smallest absolute Gasteiger partial charge is 0.0409 e. The summed E-state index contributed by atoms with van der Waals surface area (Å²) in [5.41, 5.74) is 1.84. The molecule has 1 saturated carbocycles. The van der Waals surface area contributed by atoms with Crippen LogP contribution in [0.25, 0.3) is 0 Å². The molecule has 1 nitrogen and oxygen atoms in total. The van der Waals surface area contributed by atoms with Crippen LogP contribution in [0.4, 0.5) is 0 Å². The number of hydrogen-bond acceptors (Lipinski definition) is 1. The zero-order valence-electron chi connectivity index (χ0n) is 9.55. The fraction of sp³-hybridized carbons (Fsp3) is 0.538. The first kappa shape index (κ1) is 12.4. The Morgan fingerprint density at radius 2 is 2.19 bits per heavy atom. The van der Waals surface area contributed by atoms with Gasteiger partial charge >= 0.3 is 0 Å². The van der Waals surface area contributed by atoms with Gasteiger partial charge in [0.25, 0.3) is 0 Å². The van der Waals surface area contributed by atoms with Crippen LogP contribution in [-0.4, -0.2) is 23.8 Å². The lowest BCUT2D eigenvalue weighted by Gasteiger charge is -2.22. The van der Waals surface area contributed by atoms with Crippen LogP contribution in [0.2, 0.25) is 5.02 Å². The van der Waals surface area contributed by atoms with Crippen molar-refractivity contribution >= 4 is 27.5 Å². The molecule has 0 saturated heterocycles. The molecule has 0 amide bonds. The Bertz CT molecular complexity index is 363. The summed E-state index contributed by atoms with van der Waals surface area (Å²) in [7, 11) is 2.18. The molecule has 0 atom stereocenters. The molecule has 2 rings (SSSR count). The number of nitrogens with zero attached hydrogens (tertiary/aromatic N) is 1. The van der Waals surface area contributed by atoms with Crippen LogP contribution in [0.15, 0.2) is 24.3 Å². The highest BCUT2D eigenvalue weighted by Crippen LogP contribution is 2.47. The van der Waals surface area contributed by atoms with Gasteiger partial charge in [-0.3, -0.25) is 0 Å². The summed E-state index contributed by atoms with van der Waals surface area (Å²) in [5, 5.41) is 1.95. The summed E-state index contributed by atoms with van der Waals surface area (Å²) in [6, 6.07) is 8.12. The van der Waals surface area contributed by atoms with Gasteiger partial charge < -0.3 is 4.90 Å². The van der Waals surface area contributed by atoms with Crippen LogP contribution in [0.5, 0.6) is 0 Å². The van der Waals surface area contributed by atoms with E-state index in [1.165, 1.54) is 24.9 Å². The van der Waals surface area contributed by atoms with Crippen LogP contribution < -0.4 is 0 Å². The topological polar surface area (TPSA) is 3.24 Å². The molecule has 1 aromatic carbocycles. The van der Waals surface area contributed by atoms with Crippen LogP contribution in [0.3, 0.4) is 0 Å². The van der Waals surface area contributed by atoms with Gasteiger partial charge in [0.1, 0.15) is 0 Å². The normalized spacial score (nSPS) is 17.8. The van der Waals surface area contributed by atoms with Gasteiger partial charge in [-0.05, 0) is 43.0 Å². The van der Waals surface area contributed by atoms with Gasteiger partial charge in [0, 0.05) is 23.4 Å². The van der Waals surface area contributed by atoms with Crippen LogP contribution in [0, 0.1) is 5.41 Å². The fourth-order valence-electron chi connectivity index (χ4n) is 2.09. The summed E-state index contributed by atoms with van der Waals surface area (Å²) in [6.07, 6.45) is 2.72. The van der Waals surface area contributed by atoms with E-state index >= 15 is 0 Å². The van der Waals surface area contributed by atoms with E-state index in [4.69, 9.17) is 11.6 Å². The molecule has 1 aliphatic carbocycles. The molecule has 0 radical (unpaired) electrons. The Kier molecular flexibility index (Phi) is 3.93. The number of hydrogen-bond donors (Lipinski definition) is 0. The molecule has 1 aliphatic rings. The third kappa shape index (κ3) is 3.22. The summed E-state index contributed by atoms with van der Waals surface area (Å²) in [4.78, 5) is 2.39. The lowest BCUT2D eigenvalue weighted by atomic mass is 10.1. The number of alkyl halides is 1. The molecule has 0 aromatic heterocycles. The van der Waals surface area contributed by atoms with Crippen molar-refractivity contribution < 1.29 is 0 Å². The van der Waals surface area contributed by atoms with Crippen molar-refractivity contribution in [3.63, 3.8) is 0 Å². The SMILES string of the molecule is CN(Cc1cccc(Cl)c1)CC1(CBr)CC1. The van der Waals surface area contributed by atoms with E-state index in [2.05, 4.69) is 33.9 Å². The Morgan fingerprint density at radius 3 is 2.75 bits per heavy atom. The average Bonchev–Trinajstić information content (AvgIpc) is 2.98. The van der Waals surface area contributed by atoms with E-state index in [0.29, 0.717) is 5.41 Å². The molecule has 16 heavy (non-hydrogen) atoms. The van der Waals surface area contributed by atoms with Gasteiger partial charge in [-0.15, -0.1) is 0 Å². The zero-order valence-corrected chi connectivity index (χ0v) is 11.9. The predicted molar refractivity (Wildman–Crippen MR) is 73.2 cm³/mol. The molecule has 1 fully saturated rings. The summed E-state index contributed by atoms with van der Waals surface area (Å²) in [6.45, 7) is 2.15. The highest BCUT2D eigenvalue weighted by molar-refractivity contribution is 9.09. The summed E-state index contributed by atoms with van der Waals surface area (Å²) >= 11 is 9.59. The van der Waals surface area contributed by atoms with E-state index in [0.717, 1.165) is 16.9 Å². The molecule has 0 unspecified atom stereocenters. The maximum Gasteiger partial charge on any atom is 0.0409 e. The minimum absolute atomic E-state index is 0.549. The molecule has 1 aromatic rings. The van der Waals surface area contributed by atoms with Crippen molar-refractivity contribution in [2.75, 3.05) is 18.9 Å². The van der Waals surface area contributed by atoms with Crippen molar-refractivity contribution in [1.82, 2.24) is 4.90 Å². The first-order valence-electron chi connectivity index (χ1n) is 5.63. The summed E-state index contributed by atoms with van der Waals surface area (Å²) in [5.74, 6) is 0. The van der Waals surface area contributed by atoms with Gasteiger partial charge in [0.05, 0.1) is 0 Å². The van der Waals surface area contributed by atoms with E-state index in [1.54, 1.807) is 0 Å². The van der Waals surface area contributed by atoms with E-state index in [-0.39, 0.29) is 0 Å². The largest absolute Gasteiger partial charge is 0.302 e. The zero-order chi connectivity index (χ0) is 11.6. The Hall–Kier alpha value is -0.0500. The summed E-state index contributed by atoms with van der Waals surface area (Å²) < 4.78 is 0. The van der Waals surface area contributed by atoms with Crippen molar-refractivity contribution in [1.29, 1.82) is 0 Å². The first-order valence-corrected chi connectivity index (χ1v) is 7.12. The van der Waals surface area contributed by atoms with E-state index in [9.17, 15) is 0 Å². The molecule has 0 bridgehead atoms. The van der Waals surface area contributed by atoms with Gasteiger partial charge in [0.15, 0.2) is 0 Å². The molecule has 0 spiro atoms. The number of benzene rings is 1. The van der Waals surface area contributed by atoms with Gasteiger partial charge in [0.2, 0.25) is 0 Å². The van der Waals surface area contributed by atoms with E-state index in [1.807, 2.05) is 18.2 Å². The first-order chi connectivity index (χ1) is 7.63. The predicted octanol–water partition coefficient (Wildman–Crippen LogP) is 3.95. The number of rotatable bonds is 5. The van der Waals surface area contributed by atoms with Crippen LogP contribution >= 0.6 is 27.5 Å². The standard InChI is InChI=1S/C13H17BrClN/c1-16(10-13(9-14)5-6-13)8-11-3-2-4-12(15)7-11/h2-4,7H,5-6,8-10H2,1H3. The molecule has 0 heterocycles. The van der Waals surface area contributed by atoms with Crippen LogP contribution in [0.1, 0.15) is 18.4 Å². The molecule has 0 aliphatic heterocycles. The minimum atomic E-state index is 0.549. The second-order valence-corrected chi connectivity index (χ2v) is 5.93. The van der Waals surface area contributed by atoms with Crippen LogP contribution in [-0.2, 0) is 6.54 Å². The highest BCUT2D eigenvalue weighted by Gasteiger charge is 2.41. The maximum absolute atomic E-state index is 5.98. The van der Waals surface area contributed by atoms with Gasteiger partial charge in [-0.2, -0.15) is 0 Å². The van der Waals surface area contributed by atoms with Crippen molar-refractivity contribution in [2.45, 2.75) is 19.4 Å². The Balaban J connectivity index is 1.89. The second-order valence-electron chi connectivity index (χ2n) is 4.94. The highest BCUT2D eigenvalue weighted by atomic mass is 79.9. The average molecular weight is 303 g/mol. The second kappa shape index (κ2) is 5.07. The Labute approximate surface area is 111 Å². The molecule has 3 heteroatoms. The lowest BCUT2D eigenvalue weighted by molar-refractivity contribution is 0.271. The lowest BCUT2D eigenvalue weighted by Crippen LogP contribution is -2.27. The minimum Gasteiger partial charge on any atom is -0.302 e. The maximum atomic E-state index is 5.98. The molecular weight excluding hydrogens is 286 g/mol. The van der Waals surface area contributed by atoms with Crippen molar-refractivity contribution in [3.05, 3.63) is 34.9 Å². The van der Waals surface area contributed by atoms with Gasteiger partial charge in [-0.1, -0.05) is 39.7 Å². The van der Waals surface area contributed by atoms with Crippen molar-refractivity contribution in [2.24, 2.45) is 5.41 Å². The molecule has 88 valence electrons. The van der Waals surface area contributed by atoms with Crippen molar-refractivity contribution in [3.8, 4) is 0 Å². The van der Waals surface area contributed by atoms with E-state index < -0.39 is 0 Å². The Morgan fingerprint density at radius 1 is 1.44 bits per heavy atom. The molecule has 0 N–H and O–H groups in total. The quantitative estimate of drug-likeness (QED) is 0.745. The van der Waals surface area contributed by atoms with Gasteiger partial charge in [-0.25, -0.2) is 0 Å².